The third-order valence-corrected chi connectivity index (χ3v) is 9.59. The van der Waals surface area contributed by atoms with Gasteiger partial charge in [0.2, 0.25) is 0 Å². The fraction of sp³-hybridized carbons (Fsp3) is 0.0250. The normalized spacial score (nSPS) is 11.5. The minimum absolute atomic E-state index is 0.260. The van der Waals surface area contributed by atoms with Gasteiger partial charge in [-0.1, -0.05) is 91.0 Å². The van der Waals surface area contributed by atoms with Gasteiger partial charge in [-0.05, 0) is 59.7 Å². The van der Waals surface area contributed by atoms with Crippen LogP contribution >= 0.6 is 11.3 Å². The van der Waals surface area contributed by atoms with E-state index in [-0.39, 0.29) is 5.84 Å². The SMILES string of the molecule is N#Cc1ccc(C(=N)N(Cc2ccc(-n3c4ccccc4c4ccc5c6ccccc6sc5c43)cc2)/N=C/c2ccccc2)cc1. The molecule has 0 aliphatic heterocycles. The fourth-order valence-electron chi connectivity index (χ4n) is 6.13. The lowest BCUT2D eigenvalue weighted by molar-refractivity contribution is 0.439. The lowest BCUT2D eigenvalue weighted by Crippen LogP contribution is -2.25. The van der Waals surface area contributed by atoms with Crippen molar-refractivity contribution in [1.29, 1.82) is 10.7 Å². The van der Waals surface area contributed by atoms with Crippen LogP contribution in [0.2, 0.25) is 0 Å². The molecule has 0 aliphatic rings. The van der Waals surface area contributed by atoms with Crippen LogP contribution in [0.1, 0.15) is 22.3 Å². The van der Waals surface area contributed by atoms with Crippen LogP contribution in [-0.2, 0) is 6.54 Å². The van der Waals surface area contributed by atoms with Gasteiger partial charge >= 0.3 is 0 Å². The number of fused-ring (bicyclic) bond motifs is 7. The second-order valence-corrected chi connectivity index (χ2v) is 12.3. The highest BCUT2D eigenvalue weighted by molar-refractivity contribution is 7.26. The maximum absolute atomic E-state index is 9.24. The van der Waals surface area contributed by atoms with Gasteiger partial charge in [0.1, 0.15) is 5.84 Å². The lowest BCUT2D eigenvalue weighted by atomic mass is 10.1. The Kier molecular flexibility index (Phi) is 6.86. The van der Waals surface area contributed by atoms with E-state index in [1.54, 1.807) is 35.5 Å². The molecule has 218 valence electrons. The number of amidine groups is 1. The minimum Gasteiger partial charge on any atom is -0.308 e. The van der Waals surface area contributed by atoms with E-state index < -0.39 is 0 Å². The van der Waals surface area contributed by atoms with Gasteiger partial charge < -0.3 is 4.57 Å². The topological polar surface area (TPSA) is 68.2 Å². The van der Waals surface area contributed by atoms with E-state index in [9.17, 15) is 5.26 Å². The molecule has 2 heterocycles. The summed E-state index contributed by atoms with van der Waals surface area (Å²) in [4.78, 5) is 0. The summed E-state index contributed by atoms with van der Waals surface area (Å²) in [5.74, 6) is 0.260. The molecular formula is C40H27N5S. The average molecular weight is 610 g/mol. The fourth-order valence-corrected chi connectivity index (χ4v) is 7.37. The Balaban J connectivity index is 1.20. The van der Waals surface area contributed by atoms with E-state index in [0.717, 1.165) is 16.8 Å². The van der Waals surface area contributed by atoms with Gasteiger partial charge in [0.15, 0.2) is 0 Å². The highest BCUT2D eigenvalue weighted by Gasteiger charge is 2.18. The number of nitriles is 1. The third-order valence-electron chi connectivity index (χ3n) is 8.40. The number of hydrazone groups is 1. The van der Waals surface area contributed by atoms with Crippen molar-refractivity contribution in [2.45, 2.75) is 6.54 Å². The zero-order chi connectivity index (χ0) is 31.0. The molecule has 1 N–H and O–H groups in total. The van der Waals surface area contributed by atoms with Crippen molar-refractivity contribution >= 4 is 65.4 Å². The largest absolute Gasteiger partial charge is 0.308 e. The average Bonchev–Trinajstić information content (AvgIpc) is 3.67. The van der Waals surface area contributed by atoms with Gasteiger partial charge in [-0.15, -0.1) is 11.3 Å². The highest BCUT2D eigenvalue weighted by Crippen LogP contribution is 2.42. The van der Waals surface area contributed by atoms with Crippen LogP contribution in [0.15, 0.2) is 145 Å². The summed E-state index contributed by atoms with van der Waals surface area (Å²) < 4.78 is 4.96. The molecule has 0 unspecified atom stereocenters. The zero-order valence-electron chi connectivity index (χ0n) is 24.8. The molecular weight excluding hydrogens is 583 g/mol. The molecule has 0 saturated heterocycles. The molecule has 0 aliphatic carbocycles. The van der Waals surface area contributed by atoms with Crippen molar-refractivity contribution < 1.29 is 0 Å². The van der Waals surface area contributed by atoms with Crippen LogP contribution in [0.4, 0.5) is 0 Å². The summed E-state index contributed by atoms with van der Waals surface area (Å²) >= 11 is 1.85. The van der Waals surface area contributed by atoms with E-state index in [1.165, 1.54) is 42.0 Å². The molecule has 0 spiro atoms. The van der Waals surface area contributed by atoms with Crippen molar-refractivity contribution in [2.24, 2.45) is 5.10 Å². The van der Waals surface area contributed by atoms with E-state index in [2.05, 4.69) is 95.6 Å². The maximum atomic E-state index is 9.24. The molecule has 0 amide bonds. The molecule has 46 heavy (non-hydrogen) atoms. The van der Waals surface area contributed by atoms with E-state index in [4.69, 9.17) is 10.5 Å². The number of thiophene rings is 1. The summed E-state index contributed by atoms with van der Waals surface area (Å²) in [7, 11) is 0. The summed E-state index contributed by atoms with van der Waals surface area (Å²) in [5.41, 5.74) is 6.72. The summed E-state index contributed by atoms with van der Waals surface area (Å²) in [6.45, 7) is 0.413. The van der Waals surface area contributed by atoms with Crippen molar-refractivity contribution in [3.8, 4) is 11.8 Å². The smallest absolute Gasteiger partial charge is 0.148 e. The second kappa shape index (κ2) is 11.5. The quantitative estimate of drug-likeness (QED) is 0.116. The third kappa shape index (κ3) is 4.80. The number of rotatable bonds is 6. The van der Waals surface area contributed by atoms with Gasteiger partial charge in [-0.2, -0.15) is 10.4 Å². The van der Waals surface area contributed by atoms with Gasteiger partial charge in [0, 0.05) is 37.5 Å². The Morgan fingerprint density at radius 2 is 1.43 bits per heavy atom. The van der Waals surface area contributed by atoms with Gasteiger partial charge in [-0.25, -0.2) is 5.01 Å². The number of hydrogen-bond donors (Lipinski definition) is 1. The summed E-state index contributed by atoms with van der Waals surface area (Å²) in [6.07, 6.45) is 1.78. The molecule has 2 aromatic heterocycles. The monoisotopic (exact) mass is 609 g/mol. The van der Waals surface area contributed by atoms with Crippen LogP contribution in [0.5, 0.6) is 0 Å². The van der Waals surface area contributed by atoms with Crippen molar-refractivity contribution in [3.05, 3.63) is 162 Å². The Labute approximate surface area is 270 Å². The first-order valence-corrected chi connectivity index (χ1v) is 15.9. The van der Waals surface area contributed by atoms with Crippen molar-refractivity contribution in [3.63, 3.8) is 0 Å². The molecule has 0 radical (unpaired) electrons. The van der Waals surface area contributed by atoms with Gasteiger partial charge in [0.05, 0.1) is 40.1 Å². The second-order valence-electron chi connectivity index (χ2n) is 11.2. The molecule has 8 rings (SSSR count). The van der Waals surface area contributed by atoms with Crippen LogP contribution in [0.3, 0.4) is 0 Å². The minimum atomic E-state index is 0.260. The Hall–Kier alpha value is -6.03. The molecule has 0 atom stereocenters. The first-order chi connectivity index (χ1) is 22.7. The van der Waals surface area contributed by atoms with E-state index in [1.807, 2.05) is 41.7 Å². The predicted octanol–water partition coefficient (Wildman–Crippen LogP) is 9.88. The summed E-state index contributed by atoms with van der Waals surface area (Å²) in [6, 6.07) is 49.5. The number of nitrogens with one attached hydrogen (secondary N) is 1. The Morgan fingerprint density at radius 1 is 0.739 bits per heavy atom. The zero-order valence-corrected chi connectivity index (χ0v) is 25.6. The van der Waals surface area contributed by atoms with Crippen molar-refractivity contribution in [2.75, 3.05) is 0 Å². The first kappa shape index (κ1) is 27.5. The molecule has 0 bridgehead atoms. The number of hydrogen-bond acceptors (Lipinski definition) is 4. The molecule has 5 nitrogen and oxygen atoms in total. The molecule has 8 aromatic rings. The number of aromatic nitrogens is 1. The highest BCUT2D eigenvalue weighted by atomic mass is 32.1. The Bertz CT molecular complexity index is 2460. The molecule has 6 heteroatoms. The van der Waals surface area contributed by atoms with Crippen LogP contribution < -0.4 is 0 Å². The predicted molar refractivity (Wildman–Crippen MR) is 191 cm³/mol. The Morgan fingerprint density at radius 3 is 2.22 bits per heavy atom. The number of nitrogens with zero attached hydrogens (tertiary/aromatic N) is 4. The van der Waals surface area contributed by atoms with Gasteiger partial charge in [0.25, 0.3) is 0 Å². The molecule has 0 saturated carbocycles. The first-order valence-electron chi connectivity index (χ1n) is 15.1. The van der Waals surface area contributed by atoms with Gasteiger partial charge in [-0.3, -0.25) is 5.41 Å². The van der Waals surface area contributed by atoms with E-state index >= 15 is 0 Å². The summed E-state index contributed by atoms with van der Waals surface area (Å²) in [5, 5.41) is 29.7. The number of para-hydroxylation sites is 1. The van der Waals surface area contributed by atoms with E-state index in [0.29, 0.717) is 17.7 Å². The van der Waals surface area contributed by atoms with Crippen molar-refractivity contribution in [1.82, 2.24) is 9.58 Å². The lowest BCUT2D eigenvalue weighted by Gasteiger charge is -2.20. The van der Waals surface area contributed by atoms with Crippen LogP contribution in [-0.4, -0.2) is 21.6 Å². The number of benzene rings is 6. The molecule has 0 fully saturated rings. The molecule has 6 aromatic carbocycles. The van der Waals surface area contributed by atoms with Crippen LogP contribution in [0.25, 0.3) is 47.7 Å². The maximum Gasteiger partial charge on any atom is 0.148 e. The standard InChI is InChI=1S/C40H27N5S/c41-24-27-14-18-30(19-15-27)40(42)44(43-25-28-8-2-1-3-9-28)26-29-16-20-31(21-17-29)45-36-12-6-4-10-32(36)34-22-23-35-33-11-5-7-13-37(33)46-39(35)38(34)45/h1-23,25,42H,26H2/b42-40?,43-25+. The van der Waals surface area contributed by atoms with Crippen LogP contribution in [0, 0.1) is 16.7 Å².